The van der Waals surface area contributed by atoms with Gasteiger partial charge in [0, 0.05) is 12.8 Å². The lowest BCUT2D eigenvalue weighted by molar-refractivity contribution is -0.161. The van der Waals surface area contributed by atoms with Gasteiger partial charge in [0.1, 0.15) is 6.61 Å². The molecule has 0 rings (SSSR count). The van der Waals surface area contributed by atoms with Crippen molar-refractivity contribution in [1.29, 1.82) is 0 Å². The molecule has 0 saturated carbocycles. The van der Waals surface area contributed by atoms with Gasteiger partial charge in [-0.05, 0) is 103 Å². The average Bonchev–Trinajstić information content (AvgIpc) is 3.38. The SMILES string of the molecule is CC/C=C\C/C=C\C/C=C\C/C=C\C/C=C\CCCCCCCCCCCCCCCCCC(=O)OC(CO)COC(=O)CCCCCCCCCCCCC/C=C\C/C=C\C/C=C\C/C=C\C/C=C\CC. The normalized spacial score (nSPS) is 13.1. The van der Waals surface area contributed by atoms with Crippen LogP contribution in [0.1, 0.15) is 271 Å². The molecule has 0 aliphatic carbocycles. The van der Waals surface area contributed by atoms with Crippen LogP contribution in [-0.2, 0) is 19.1 Å². The fourth-order valence-electron chi connectivity index (χ4n) is 8.32. The molecule has 72 heavy (non-hydrogen) atoms. The maximum Gasteiger partial charge on any atom is 0.306 e. The summed E-state index contributed by atoms with van der Waals surface area (Å²) in [6.45, 7) is 3.93. The minimum atomic E-state index is -0.781. The van der Waals surface area contributed by atoms with E-state index in [1.165, 1.54) is 141 Å². The smallest absolute Gasteiger partial charge is 0.306 e. The van der Waals surface area contributed by atoms with Crippen molar-refractivity contribution in [3.8, 4) is 0 Å². The zero-order valence-corrected chi connectivity index (χ0v) is 46.9. The van der Waals surface area contributed by atoms with Crippen molar-refractivity contribution in [3.63, 3.8) is 0 Å². The number of carbonyl (C=O) groups is 2. The summed E-state index contributed by atoms with van der Waals surface area (Å²) in [5, 5.41) is 9.68. The van der Waals surface area contributed by atoms with E-state index in [9.17, 15) is 14.7 Å². The molecular weight excluding hydrogens is 885 g/mol. The van der Waals surface area contributed by atoms with Crippen molar-refractivity contribution >= 4 is 11.9 Å². The number of carbonyl (C=O) groups excluding carboxylic acids is 2. The van der Waals surface area contributed by atoms with Crippen LogP contribution in [0.15, 0.2) is 122 Å². The molecule has 0 fully saturated rings. The van der Waals surface area contributed by atoms with Crippen LogP contribution in [0.25, 0.3) is 0 Å². The topological polar surface area (TPSA) is 72.8 Å². The van der Waals surface area contributed by atoms with Crippen molar-refractivity contribution in [2.24, 2.45) is 0 Å². The number of hydrogen-bond donors (Lipinski definition) is 1. The zero-order chi connectivity index (χ0) is 52.0. The number of unbranched alkanes of at least 4 members (excludes halogenated alkanes) is 26. The Hall–Kier alpha value is -3.70. The van der Waals surface area contributed by atoms with E-state index in [0.717, 1.165) is 103 Å². The molecule has 0 aromatic rings. The van der Waals surface area contributed by atoms with Crippen LogP contribution < -0.4 is 0 Å². The second kappa shape index (κ2) is 61.6. The van der Waals surface area contributed by atoms with Gasteiger partial charge >= 0.3 is 11.9 Å². The van der Waals surface area contributed by atoms with Crippen LogP contribution in [0.3, 0.4) is 0 Å². The monoisotopic (exact) mass is 997 g/mol. The second-order valence-electron chi connectivity index (χ2n) is 19.7. The number of ether oxygens (including phenoxy) is 2. The van der Waals surface area contributed by atoms with Crippen molar-refractivity contribution in [2.45, 2.75) is 277 Å². The highest BCUT2D eigenvalue weighted by atomic mass is 16.6. The predicted octanol–water partition coefficient (Wildman–Crippen LogP) is 20.6. The molecule has 1 N–H and O–H groups in total. The molecule has 0 saturated heterocycles. The third-order valence-electron chi connectivity index (χ3n) is 12.8. The summed E-state index contributed by atoms with van der Waals surface area (Å²) >= 11 is 0. The zero-order valence-electron chi connectivity index (χ0n) is 46.9. The number of esters is 2. The van der Waals surface area contributed by atoms with E-state index < -0.39 is 6.10 Å². The van der Waals surface area contributed by atoms with Gasteiger partial charge in [0.05, 0.1) is 6.61 Å². The van der Waals surface area contributed by atoms with E-state index in [2.05, 4.69) is 135 Å². The van der Waals surface area contributed by atoms with Crippen LogP contribution in [-0.4, -0.2) is 36.4 Å². The van der Waals surface area contributed by atoms with Gasteiger partial charge in [0.2, 0.25) is 0 Å². The number of hydrogen-bond acceptors (Lipinski definition) is 5. The number of allylic oxidation sites excluding steroid dienone is 20. The van der Waals surface area contributed by atoms with Crippen molar-refractivity contribution in [2.75, 3.05) is 13.2 Å². The Kier molecular flexibility index (Phi) is 58.4. The summed E-state index contributed by atoms with van der Waals surface area (Å²) in [5.74, 6) is -0.593. The molecule has 0 aliphatic rings. The average molecular weight is 998 g/mol. The Bertz CT molecular complexity index is 1450. The Labute approximate surface area is 445 Å². The molecule has 5 nitrogen and oxygen atoms in total. The van der Waals surface area contributed by atoms with Crippen molar-refractivity contribution < 1.29 is 24.2 Å². The molecule has 0 aromatic carbocycles. The van der Waals surface area contributed by atoms with E-state index in [0.29, 0.717) is 12.8 Å². The van der Waals surface area contributed by atoms with Crippen molar-refractivity contribution in [3.05, 3.63) is 122 Å². The number of aliphatic hydroxyl groups is 1. The molecule has 0 spiro atoms. The van der Waals surface area contributed by atoms with Gasteiger partial charge in [-0.2, -0.15) is 0 Å². The summed E-state index contributed by atoms with van der Waals surface area (Å²) in [6.07, 6.45) is 90.4. The van der Waals surface area contributed by atoms with Crippen LogP contribution in [0.5, 0.6) is 0 Å². The largest absolute Gasteiger partial charge is 0.462 e. The molecule has 5 heteroatoms. The molecule has 0 aliphatic heterocycles. The van der Waals surface area contributed by atoms with E-state index in [1.54, 1.807) is 0 Å². The Morgan fingerprint density at radius 3 is 0.833 bits per heavy atom. The van der Waals surface area contributed by atoms with Gasteiger partial charge in [-0.25, -0.2) is 0 Å². The fraction of sp³-hybridized carbons (Fsp3) is 0.672. The maximum atomic E-state index is 12.3. The lowest BCUT2D eigenvalue weighted by atomic mass is 10.0. The van der Waals surface area contributed by atoms with Gasteiger partial charge in [-0.1, -0.05) is 277 Å². The van der Waals surface area contributed by atoms with Gasteiger partial charge < -0.3 is 14.6 Å². The number of aliphatic hydroxyl groups excluding tert-OH is 1. The Morgan fingerprint density at radius 1 is 0.319 bits per heavy atom. The summed E-state index contributed by atoms with van der Waals surface area (Å²) in [5.41, 5.74) is 0. The highest BCUT2D eigenvalue weighted by Gasteiger charge is 2.16. The standard InChI is InChI=1S/C67H112O5/c1-3-5-7-9-11-13-15-17-19-21-23-25-27-29-31-32-33-34-36-38-40-42-44-46-48-50-52-54-56-58-60-62-67(70)72-65(63-68)64-71-66(69)61-59-57-55-53-51-49-47-45-43-41-39-37-35-30-28-26-24-22-20-18-16-14-12-10-8-6-4-2/h5-8,11-14,17-20,23-26,29-31,35,65,68H,3-4,9-10,15-16,21-22,27-28,32-34,36-64H2,1-2H3/b7-5-,8-6-,13-11-,14-12-,19-17-,20-18-,25-23-,26-24-,31-29-,35-30-. The van der Waals surface area contributed by atoms with Crippen molar-refractivity contribution in [1.82, 2.24) is 0 Å². The first-order valence-corrected chi connectivity index (χ1v) is 30.1. The van der Waals surface area contributed by atoms with Crippen LogP contribution in [0.2, 0.25) is 0 Å². The first kappa shape index (κ1) is 68.3. The first-order valence-electron chi connectivity index (χ1n) is 30.1. The minimum absolute atomic E-state index is 0.0720. The fourth-order valence-corrected chi connectivity index (χ4v) is 8.32. The predicted molar refractivity (Wildman–Crippen MR) is 315 cm³/mol. The summed E-state index contributed by atoms with van der Waals surface area (Å²) in [4.78, 5) is 24.6. The molecule has 410 valence electrons. The molecule has 0 aromatic heterocycles. The third kappa shape index (κ3) is 58.9. The summed E-state index contributed by atoms with van der Waals surface area (Å²) in [7, 11) is 0. The Morgan fingerprint density at radius 2 is 0.556 bits per heavy atom. The summed E-state index contributed by atoms with van der Waals surface area (Å²) in [6, 6.07) is 0. The van der Waals surface area contributed by atoms with Crippen LogP contribution >= 0.6 is 0 Å². The molecule has 0 bridgehead atoms. The maximum absolute atomic E-state index is 12.3. The quantitative estimate of drug-likeness (QED) is 0.0373. The van der Waals surface area contributed by atoms with Gasteiger partial charge in [-0.15, -0.1) is 0 Å². The Balaban J connectivity index is 3.50. The minimum Gasteiger partial charge on any atom is -0.462 e. The highest BCUT2D eigenvalue weighted by molar-refractivity contribution is 5.70. The lowest BCUT2D eigenvalue weighted by Gasteiger charge is -2.15. The molecular formula is C67H112O5. The van der Waals surface area contributed by atoms with E-state index in [-0.39, 0.29) is 25.2 Å². The van der Waals surface area contributed by atoms with Gasteiger partial charge in [0.25, 0.3) is 0 Å². The van der Waals surface area contributed by atoms with Crippen LogP contribution in [0.4, 0.5) is 0 Å². The van der Waals surface area contributed by atoms with Gasteiger partial charge in [-0.3, -0.25) is 9.59 Å². The molecule has 1 unspecified atom stereocenters. The second-order valence-corrected chi connectivity index (χ2v) is 19.7. The molecule has 0 heterocycles. The van der Waals surface area contributed by atoms with E-state index >= 15 is 0 Å². The van der Waals surface area contributed by atoms with E-state index in [4.69, 9.17) is 9.47 Å². The summed E-state index contributed by atoms with van der Waals surface area (Å²) < 4.78 is 10.7. The number of rotatable bonds is 54. The first-order chi connectivity index (χ1) is 35.6. The van der Waals surface area contributed by atoms with Crippen LogP contribution in [0, 0.1) is 0 Å². The van der Waals surface area contributed by atoms with Gasteiger partial charge in [0.15, 0.2) is 6.10 Å². The molecule has 1 atom stereocenters. The lowest BCUT2D eigenvalue weighted by Crippen LogP contribution is -2.28. The van der Waals surface area contributed by atoms with E-state index in [1.807, 2.05) is 0 Å². The highest BCUT2D eigenvalue weighted by Crippen LogP contribution is 2.16. The molecule has 0 radical (unpaired) electrons. The molecule has 0 amide bonds. The third-order valence-corrected chi connectivity index (χ3v) is 12.8.